The van der Waals surface area contributed by atoms with Crippen LogP contribution in [0.15, 0.2) is 48.6 Å². The van der Waals surface area contributed by atoms with Crippen LogP contribution in [-0.4, -0.2) is 36.4 Å². The summed E-state index contributed by atoms with van der Waals surface area (Å²) in [6.45, 7) is 4.17. The average molecular weight is 1090 g/mol. The van der Waals surface area contributed by atoms with E-state index in [2.05, 4.69) is 62.5 Å². The Bertz CT molecular complexity index is 1280. The number of unbranched alkanes of at least 4 members (excludes halogenated alkanes) is 50. The third kappa shape index (κ3) is 66.4. The number of hydrogen-bond acceptors (Lipinski definition) is 5. The van der Waals surface area contributed by atoms with Crippen molar-refractivity contribution in [2.24, 2.45) is 0 Å². The van der Waals surface area contributed by atoms with Gasteiger partial charge in [-0.1, -0.05) is 345 Å². The van der Waals surface area contributed by atoms with Crippen LogP contribution in [0.1, 0.15) is 386 Å². The van der Waals surface area contributed by atoms with E-state index in [-0.39, 0.29) is 25.2 Å². The zero-order valence-corrected chi connectivity index (χ0v) is 52.7. The molecule has 458 valence electrons. The number of aliphatic hydroxyl groups excluding tert-OH is 1. The van der Waals surface area contributed by atoms with Gasteiger partial charge in [-0.15, -0.1) is 0 Å². The zero-order valence-electron chi connectivity index (χ0n) is 52.7. The summed E-state index contributed by atoms with van der Waals surface area (Å²) >= 11 is 0. The van der Waals surface area contributed by atoms with Crippen molar-refractivity contribution in [3.63, 3.8) is 0 Å². The predicted molar refractivity (Wildman–Crippen MR) is 344 cm³/mol. The molecule has 0 radical (unpaired) electrons. The fourth-order valence-electron chi connectivity index (χ4n) is 10.8. The maximum Gasteiger partial charge on any atom is 0.306 e. The monoisotopic (exact) mass is 1090 g/mol. The molecule has 0 saturated heterocycles. The number of carbonyl (C=O) groups excluding carboxylic acids is 2. The Hall–Kier alpha value is -2.14. The fraction of sp³-hybridized carbons (Fsp3) is 0.863. The molecule has 5 heteroatoms. The first-order chi connectivity index (χ1) is 38.6. The molecule has 0 aliphatic carbocycles. The second-order valence-electron chi connectivity index (χ2n) is 24.0. The average Bonchev–Trinajstić information content (AvgIpc) is 3.44. The molecule has 1 atom stereocenters. The Morgan fingerprint density at radius 3 is 0.756 bits per heavy atom. The molecule has 0 bridgehead atoms. The molecule has 0 rings (SSSR count). The molecule has 0 fully saturated rings. The number of esters is 2. The van der Waals surface area contributed by atoms with E-state index in [1.165, 1.54) is 308 Å². The second kappa shape index (κ2) is 69.1. The van der Waals surface area contributed by atoms with Gasteiger partial charge in [-0.2, -0.15) is 0 Å². The maximum absolute atomic E-state index is 12.4. The van der Waals surface area contributed by atoms with Crippen LogP contribution in [-0.2, 0) is 19.1 Å². The molecule has 0 aromatic rings. The van der Waals surface area contributed by atoms with Gasteiger partial charge in [0, 0.05) is 12.8 Å². The summed E-state index contributed by atoms with van der Waals surface area (Å²) in [5, 5.41) is 9.69. The molecule has 1 N–H and O–H groups in total. The molecule has 0 aromatic heterocycles. The number of allylic oxidation sites excluding steroid dienone is 8. The van der Waals surface area contributed by atoms with E-state index in [4.69, 9.17) is 9.47 Å². The highest BCUT2D eigenvalue weighted by molar-refractivity contribution is 5.70. The minimum absolute atomic E-state index is 0.0624. The normalized spacial score (nSPS) is 12.4. The standard InChI is InChI=1S/C73H136O5/c1-3-5-7-9-11-13-15-17-19-21-23-25-27-28-29-30-31-32-33-34-35-36-37-38-39-40-41-42-43-44-46-48-50-52-54-56-58-60-62-64-66-68-73(76)78-71(69-74)70-77-72(75)67-65-63-61-59-57-55-53-51-49-47-45-26-24-22-20-18-16-14-12-10-8-6-4-2/h15-18,21-24,71,74H,3-14,19-20,25-70H2,1-2H3/b17-15-,18-16-,23-21-,24-22-. The summed E-state index contributed by atoms with van der Waals surface area (Å²) in [6.07, 6.45) is 93.0. The lowest BCUT2D eigenvalue weighted by Gasteiger charge is -2.15. The Kier molecular flexibility index (Phi) is 67.2. The summed E-state index contributed by atoms with van der Waals surface area (Å²) in [5.41, 5.74) is 0. The lowest BCUT2D eigenvalue weighted by Crippen LogP contribution is -2.28. The van der Waals surface area contributed by atoms with E-state index in [1.807, 2.05) is 0 Å². The first-order valence-corrected chi connectivity index (χ1v) is 35.2. The largest absolute Gasteiger partial charge is 0.462 e. The fourth-order valence-corrected chi connectivity index (χ4v) is 10.8. The molecule has 0 aromatic carbocycles. The minimum atomic E-state index is -0.772. The zero-order chi connectivity index (χ0) is 56.2. The first-order valence-electron chi connectivity index (χ1n) is 35.2. The summed E-state index contributed by atoms with van der Waals surface area (Å²) < 4.78 is 10.8. The number of carbonyl (C=O) groups is 2. The van der Waals surface area contributed by atoms with E-state index in [0.29, 0.717) is 12.8 Å². The van der Waals surface area contributed by atoms with Gasteiger partial charge < -0.3 is 14.6 Å². The Morgan fingerprint density at radius 2 is 0.513 bits per heavy atom. The van der Waals surface area contributed by atoms with Gasteiger partial charge >= 0.3 is 11.9 Å². The summed E-state index contributed by atoms with van der Waals surface area (Å²) in [6, 6.07) is 0. The number of aliphatic hydroxyl groups is 1. The lowest BCUT2D eigenvalue weighted by atomic mass is 10.0. The van der Waals surface area contributed by atoms with E-state index in [1.54, 1.807) is 0 Å². The van der Waals surface area contributed by atoms with Crippen LogP contribution in [0.5, 0.6) is 0 Å². The van der Waals surface area contributed by atoms with Crippen molar-refractivity contribution in [2.75, 3.05) is 13.2 Å². The molecular formula is C73H136O5. The van der Waals surface area contributed by atoms with Gasteiger partial charge in [0.2, 0.25) is 0 Å². The van der Waals surface area contributed by atoms with Crippen LogP contribution < -0.4 is 0 Å². The van der Waals surface area contributed by atoms with Crippen LogP contribution in [0.2, 0.25) is 0 Å². The highest BCUT2D eigenvalue weighted by atomic mass is 16.6. The highest BCUT2D eigenvalue weighted by Gasteiger charge is 2.16. The Labute approximate surface area is 488 Å². The third-order valence-electron chi connectivity index (χ3n) is 16.1. The van der Waals surface area contributed by atoms with E-state index in [9.17, 15) is 14.7 Å². The van der Waals surface area contributed by atoms with Crippen LogP contribution in [0.3, 0.4) is 0 Å². The molecule has 1 unspecified atom stereocenters. The SMILES string of the molecule is CCCCCCC/C=C\C/C=C\CCCCCCCCCCCCCCCCCCCCCCCCCCCCCCCC(=O)OC(CO)COC(=O)CCCCCCCCCCCCC/C=C\C/C=C\CCCCCCC. The summed E-state index contributed by atoms with van der Waals surface area (Å²) in [7, 11) is 0. The van der Waals surface area contributed by atoms with Gasteiger partial charge in [-0.3, -0.25) is 9.59 Å². The molecule has 0 saturated carbocycles. The molecule has 78 heavy (non-hydrogen) atoms. The lowest BCUT2D eigenvalue weighted by molar-refractivity contribution is -0.161. The Morgan fingerprint density at radius 1 is 0.295 bits per heavy atom. The highest BCUT2D eigenvalue weighted by Crippen LogP contribution is 2.19. The van der Waals surface area contributed by atoms with Gasteiger partial charge in [0.15, 0.2) is 6.10 Å². The van der Waals surface area contributed by atoms with Crippen LogP contribution in [0.25, 0.3) is 0 Å². The van der Waals surface area contributed by atoms with Crippen molar-refractivity contribution >= 4 is 11.9 Å². The van der Waals surface area contributed by atoms with Crippen molar-refractivity contribution in [1.29, 1.82) is 0 Å². The maximum atomic E-state index is 12.4. The van der Waals surface area contributed by atoms with Crippen LogP contribution in [0, 0.1) is 0 Å². The number of ether oxygens (including phenoxy) is 2. The third-order valence-corrected chi connectivity index (χ3v) is 16.1. The molecule has 0 aliphatic heterocycles. The van der Waals surface area contributed by atoms with Crippen molar-refractivity contribution in [2.45, 2.75) is 392 Å². The molecule has 5 nitrogen and oxygen atoms in total. The molecular weight excluding hydrogens is 957 g/mol. The molecule has 0 heterocycles. The van der Waals surface area contributed by atoms with Crippen molar-refractivity contribution in [3.05, 3.63) is 48.6 Å². The van der Waals surface area contributed by atoms with Crippen LogP contribution >= 0.6 is 0 Å². The van der Waals surface area contributed by atoms with Gasteiger partial charge in [0.1, 0.15) is 6.61 Å². The topological polar surface area (TPSA) is 72.8 Å². The van der Waals surface area contributed by atoms with E-state index >= 15 is 0 Å². The van der Waals surface area contributed by atoms with Gasteiger partial charge in [-0.25, -0.2) is 0 Å². The summed E-state index contributed by atoms with van der Waals surface area (Å²) in [4.78, 5) is 24.6. The quantitative estimate of drug-likeness (QED) is 0.0373. The minimum Gasteiger partial charge on any atom is -0.462 e. The molecule has 0 spiro atoms. The second-order valence-corrected chi connectivity index (χ2v) is 24.0. The molecule has 0 aliphatic rings. The van der Waals surface area contributed by atoms with Crippen molar-refractivity contribution < 1.29 is 24.2 Å². The number of rotatable bonds is 66. The van der Waals surface area contributed by atoms with Gasteiger partial charge in [0.05, 0.1) is 6.61 Å². The first kappa shape index (κ1) is 75.9. The van der Waals surface area contributed by atoms with Gasteiger partial charge in [0.25, 0.3) is 0 Å². The van der Waals surface area contributed by atoms with Crippen LogP contribution in [0.4, 0.5) is 0 Å². The molecule has 0 amide bonds. The van der Waals surface area contributed by atoms with Gasteiger partial charge in [-0.05, 0) is 77.0 Å². The number of hydrogen-bond donors (Lipinski definition) is 1. The van der Waals surface area contributed by atoms with Crippen molar-refractivity contribution in [3.8, 4) is 0 Å². The summed E-state index contributed by atoms with van der Waals surface area (Å²) in [5.74, 6) is -0.573. The van der Waals surface area contributed by atoms with E-state index < -0.39 is 6.10 Å². The van der Waals surface area contributed by atoms with Crippen molar-refractivity contribution in [1.82, 2.24) is 0 Å². The smallest absolute Gasteiger partial charge is 0.306 e. The van der Waals surface area contributed by atoms with E-state index in [0.717, 1.165) is 51.4 Å². The Balaban J connectivity index is 3.37. The predicted octanol–water partition coefficient (Wildman–Crippen LogP) is 24.3.